The molecule has 3 atom stereocenters. The third-order valence-corrected chi connectivity index (χ3v) is 6.14. The first-order valence-corrected chi connectivity index (χ1v) is 9.75. The summed E-state index contributed by atoms with van der Waals surface area (Å²) in [6, 6.07) is 11.5. The van der Waals surface area contributed by atoms with Crippen LogP contribution in [0.25, 0.3) is 0 Å². The molecule has 2 aliphatic rings. The molecule has 0 unspecified atom stereocenters. The van der Waals surface area contributed by atoms with E-state index in [0.717, 1.165) is 22.1 Å². The molecule has 0 bridgehead atoms. The molecule has 2 amide bonds. The maximum Gasteiger partial charge on any atom is 0.322 e. The van der Waals surface area contributed by atoms with Gasteiger partial charge in [-0.15, -0.1) is 0 Å². The molecule has 7 heteroatoms. The number of carbonyl (C=O) groups is 1. The Morgan fingerprint density at radius 2 is 2.15 bits per heavy atom. The van der Waals surface area contributed by atoms with Crippen LogP contribution in [0.2, 0.25) is 0 Å². The average Bonchev–Trinajstić information content (AvgIpc) is 3.07. The molecule has 0 radical (unpaired) electrons. The number of likely N-dealkylation sites (N-methyl/N-ethyl adjacent to an activating group) is 1. The molecule has 27 heavy (non-hydrogen) atoms. The summed E-state index contributed by atoms with van der Waals surface area (Å²) in [6.45, 7) is 0.624. The third-order valence-electron chi connectivity index (χ3n) is 5.65. The number of carbonyl (C=O) groups excluding carboxylic acids is 1. The minimum absolute atomic E-state index is 0.0343. The third kappa shape index (κ3) is 3.19. The van der Waals surface area contributed by atoms with Gasteiger partial charge in [0.25, 0.3) is 0 Å². The lowest BCUT2D eigenvalue weighted by Crippen LogP contribution is -2.48. The molecule has 0 aliphatic carbocycles. The van der Waals surface area contributed by atoms with Gasteiger partial charge in [-0.3, -0.25) is 0 Å². The molecule has 5 nitrogen and oxygen atoms in total. The van der Waals surface area contributed by atoms with Gasteiger partial charge in [-0.05, 0) is 48.4 Å². The fourth-order valence-electron chi connectivity index (χ4n) is 4.41. The van der Waals surface area contributed by atoms with Crippen LogP contribution >= 0.6 is 15.9 Å². The number of benzene rings is 2. The van der Waals surface area contributed by atoms with Gasteiger partial charge >= 0.3 is 6.03 Å². The van der Waals surface area contributed by atoms with Crippen LogP contribution in [0.3, 0.4) is 0 Å². The highest BCUT2D eigenvalue weighted by Gasteiger charge is 2.47. The molecule has 142 valence electrons. The van der Waals surface area contributed by atoms with E-state index < -0.39 is 0 Å². The first kappa shape index (κ1) is 18.3. The highest BCUT2D eigenvalue weighted by Crippen LogP contribution is 2.49. The van der Waals surface area contributed by atoms with Crippen LogP contribution in [-0.4, -0.2) is 42.3 Å². The number of anilines is 2. The predicted molar refractivity (Wildman–Crippen MR) is 106 cm³/mol. The van der Waals surface area contributed by atoms with Crippen molar-refractivity contribution in [3.8, 4) is 0 Å². The highest BCUT2D eigenvalue weighted by atomic mass is 79.9. The van der Waals surface area contributed by atoms with Crippen molar-refractivity contribution in [1.29, 1.82) is 0 Å². The molecule has 2 aromatic rings. The van der Waals surface area contributed by atoms with Crippen molar-refractivity contribution in [3.63, 3.8) is 0 Å². The van der Waals surface area contributed by atoms with E-state index in [-0.39, 0.29) is 36.5 Å². The van der Waals surface area contributed by atoms with Crippen molar-refractivity contribution in [2.24, 2.45) is 5.92 Å². The summed E-state index contributed by atoms with van der Waals surface area (Å²) in [6.07, 6.45) is 0.808. The monoisotopic (exact) mass is 433 g/mol. The number of halogens is 2. The number of hydrogen-bond donors (Lipinski definition) is 2. The molecule has 0 spiro atoms. The Labute approximate surface area is 165 Å². The van der Waals surface area contributed by atoms with Crippen molar-refractivity contribution in [2.75, 3.05) is 30.4 Å². The molecule has 0 aromatic heterocycles. The summed E-state index contributed by atoms with van der Waals surface area (Å²) >= 11 is 3.53. The van der Waals surface area contributed by atoms with Crippen molar-refractivity contribution in [1.82, 2.24) is 4.90 Å². The number of aliphatic hydroxyl groups is 1. The molecule has 2 aliphatic heterocycles. The second kappa shape index (κ2) is 7.13. The van der Waals surface area contributed by atoms with E-state index in [1.165, 1.54) is 12.1 Å². The number of hydrogen-bond acceptors (Lipinski definition) is 3. The number of fused-ring (bicyclic) bond motifs is 3. The molecular formula is C20H21BrFN3O2. The van der Waals surface area contributed by atoms with Crippen molar-refractivity contribution in [3.05, 3.63) is 58.3 Å². The molecule has 1 saturated heterocycles. The summed E-state index contributed by atoms with van der Waals surface area (Å²) in [5.41, 5.74) is 2.52. The van der Waals surface area contributed by atoms with E-state index in [4.69, 9.17) is 0 Å². The van der Waals surface area contributed by atoms with Gasteiger partial charge in [-0.1, -0.05) is 22.0 Å². The zero-order valence-corrected chi connectivity index (χ0v) is 16.5. The largest absolute Gasteiger partial charge is 0.394 e. The smallest absolute Gasteiger partial charge is 0.322 e. The number of aliphatic hydroxyl groups excluding tert-OH is 1. The Kier molecular flexibility index (Phi) is 4.82. The van der Waals surface area contributed by atoms with Gasteiger partial charge in [0.2, 0.25) is 0 Å². The molecule has 2 N–H and O–H groups in total. The number of nitrogens with one attached hydrogen (secondary N) is 1. The fourth-order valence-corrected chi connectivity index (χ4v) is 4.79. The van der Waals surface area contributed by atoms with Crippen molar-refractivity contribution < 1.29 is 14.3 Å². The Morgan fingerprint density at radius 3 is 2.89 bits per heavy atom. The first-order chi connectivity index (χ1) is 13.0. The van der Waals surface area contributed by atoms with Crippen LogP contribution in [0.1, 0.15) is 18.0 Å². The highest BCUT2D eigenvalue weighted by molar-refractivity contribution is 9.10. The Balaban J connectivity index is 1.68. The second-order valence-electron chi connectivity index (χ2n) is 7.10. The van der Waals surface area contributed by atoms with Crippen LogP contribution in [0.5, 0.6) is 0 Å². The summed E-state index contributed by atoms with van der Waals surface area (Å²) in [7, 11) is 1.99. The van der Waals surface area contributed by atoms with E-state index in [1.54, 1.807) is 17.0 Å². The fraction of sp³-hybridized carbons (Fsp3) is 0.350. The van der Waals surface area contributed by atoms with Crippen LogP contribution in [-0.2, 0) is 0 Å². The van der Waals surface area contributed by atoms with Crippen LogP contribution < -0.4 is 10.2 Å². The van der Waals surface area contributed by atoms with Gasteiger partial charge < -0.3 is 20.2 Å². The zero-order chi connectivity index (χ0) is 19.1. The van der Waals surface area contributed by atoms with Gasteiger partial charge in [0.15, 0.2) is 0 Å². The normalized spacial score (nSPS) is 23.8. The molecule has 2 heterocycles. The number of amides is 2. The van der Waals surface area contributed by atoms with Crippen LogP contribution in [0.15, 0.2) is 46.9 Å². The topological polar surface area (TPSA) is 55.8 Å². The van der Waals surface area contributed by atoms with Gasteiger partial charge in [0.05, 0.1) is 18.7 Å². The predicted octanol–water partition coefficient (Wildman–Crippen LogP) is 3.99. The lowest BCUT2D eigenvalue weighted by molar-refractivity contribution is 0.168. The van der Waals surface area contributed by atoms with Crippen molar-refractivity contribution in [2.45, 2.75) is 18.5 Å². The quantitative estimate of drug-likeness (QED) is 0.752. The lowest BCUT2D eigenvalue weighted by atomic mass is 9.82. The van der Waals surface area contributed by atoms with Crippen LogP contribution in [0, 0.1) is 11.7 Å². The van der Waals surface area contributed by atoms with E-state index in [9.17, 15) is 14.3 Å². The lowest BCUT2D eigenvalue weighted by Gasteiger charge is -2.44. The summed E-state index contributed by atoms with van der Waals surface area (Å²) in [4.78, 5) is 16.9. The van der Waals surface area contributed by atoms with Gasteiger partial charge in [-0.2, -0.15) is 0 Å². The van der Waals surface area contributed by atoms with E-state index in [1.807, 2.05) is 25.2 Å². The second-order valence-corrected chi connectivity index (χ2v) is 8.01. The van der Waals surface area contributed by atoms with E-state index in [0.29, 0.717) is 12.2 Å². The van der Waals surface area contributed by atoms with E-state index >= 15 is 0 Å². The number of rotatable bonds is 2. The molecular weight excluding hydrogens is 413 g/mol. The number of likely N-dealkylation sites (tertiary alicyclic amines) is 1. The molecule has 0 saturated carbocycles. The maximum absolute atomic E-state index is 13.4. The number of nitrogens with zero attached hydrogens (tertiary/aromatic N) is 2. The average molecular weight is 434 g/mol. The minimum Gasteiger partial charge on any atom is -0.394 e. The molecule has 2 aromatic carbocycles. The van der Waals surface area contributed by atoms with Gasteiger partial charge in [-0.25, -0.2) is 9.18 Å². The Morgan fingerprint density at radius 1 is 1.33 bits per heavy atom. The summed E-state index contributed by atoms with van der Waals surface area (Å²) in [5, 5.41) is 12.8. The van der Waals surface area contributed by atoms with Gasteiger partial charge in [0, 0.05) is 35.4 Å². The van der Waals surface area contributed by atoms with Gasteiger partial charge in [0.1, 0.15) is 5.82 Å². The maximum atomic E-state index is 13.4. The summed E-state index contributed by atoms with van der Waals surface area (Å²) in [5.74, 6) is -0.249. The number of urea groups is 1. The molecule has 4 rings (SSSR count). The summed E-state index contributed by atoms with van der Waals surface area (Å²) < 4.78 is 14.4. The van der Waals surface area contributed by atoms with E-state index in [2.05, 4.69) is 26.1 Å². The minimum atomic E-state index is -0.388. The zero-order valence-electron chi connectivity index (χ0n) is 14.9. The molecule has 1 fully saturated rings. The first-order valence-electron chi connectivity index (χ1n) is 8.96. The SMILES string of the molecule is CN1c2ccc(Br)cc2[C@H]2[C@H](CCN2C(=O)Nc2cccc(F)c2)[C@H]1CO. The Hall–Kier alpha value is -2.12. The van der Waals surface area contributed by atoms with Crippen LogP contribution in [0.4, 0.5) is 20.6 Å². The van der Waals surface area contributed by atoms with Crippen molar-refractivity contribution >= 4 is 33.3 Å². The Bertz CT molecular complexity index is 878. The standard InChI is InChI=1S/C20H21BrFN3O2/c1-24-17-6-5-12(21)9-16(17)19-15(18(24)11-26)7-8-25(19)20(27)23-14-4-2-3-13(22)10-14/h2-6,9-10,15,18-19,26H,7-8,11H2,1H3,(H,23,27)/t15-,18-,19-/m1/s1.